The largest absolute Gasteiger partial charge is 0.494 e. The van der Waals surface area contributed by atoms with Gasteiger partial charge in [0.2, 0.25) is 6.79 Å². The van der Waals surface area contributed by atoms with Gasteiger partial charge < -0.3 is 19.5 Å². The summed E-state index contributed by atoms with van der Waals surface area (Å²) in [4.78, 5) is 0. The molecule has 2 aromatic carbocycles. The van der Waals surface area contributed by atoms with E-state index < -0.39 is 0 Å². The zero-order chi connectivity index (χ0) is 14.9. The lowest BCUT2D eigenvalue weighted by Gasteiger charge is -2.29. The van der Waals surface area contributed by atoms with Gasteiger partial charge in [-0.05, 0) is 42.7 Å². The molecule has 1 atom stereocenters. The first kappa shape index (κ1) is 13.5. The predicted molar refractivity (Wildman–Crippen MR) is 83.7 cm³/mol. The molecule has 2 aliphatic heterocycles. The maximum absolute atomic E-state index is 5.80. The van der Waals surface area contributed by atoms with Crippen molar-refractivity contribution in [2.45, 2.75) is 19.4 Å². The Hall–Kier alpha value is -2.20. The molecular weight excluding hydrogens is 278 g/mol. The summed E-state index contributed by atoms with van der Waals surface area (Å²) in [5, 5.41) is 3.61. The highest BCUT2D eigenvalue weighted by Crippen LogP contribution is 2.41. The number of rotatable bonds is 3. The predicted octanol–water partition coefficient (Wildman–Crippen LogP) is 3.05. The van der Waals surface area contributed by atoms with E-state index in [1.54, 1.807) is 0 Å². The Labute approximate surface area is 130 Å². The van der Waals surface area contributed by atoms with Crippen LogP contribution in [0.4, 0.5) is 0 Å². The summed E-state index contributed by atoms with van der Waals surface area (Å²) in [6.07, 6.45) is 0.999. The molecule has 2 aliphatic rings. The van der Waals surface area contributed by atoms with Gasteiger partial charge in [-0.1, -0.05) is 18.2 Å². The molecule has 4 nitrogen and oxygen atoms in total. The van der Waals surface area contributed by atoms with Crippen LogP contribution in [0.1, 0.15) is 29.7 Å². The summed E-state index contributed by atoms with van der Waals surface area (Å²) in [6, 6.07) is 12.6. The second-order valence-electron chi connectivity index (χ2n) is 5.51. The topological polar surface area (TPSA) is 39.7 Å². The van der Waals surface area contributed by atoms with Crippen LogP contribution in [0.25, 0.3) is 0 Å². The molecule has 4 heteroatoms. The van der Waals surface area contributed by atoms with Crippen molar-refractivity contribution in [2.75, 3.05) is 19.9 Å². The molecule has 0 bridgehead atoms. The minimum Gasteiger partial charge on any atom is -0.494 e. The van der Waals surface area contributed by atoms with Crippen molar-refractivity contribution >= 4 is 0 Å². The van der Waals surface area contributed by atoms with E-state index in [2.05, 4.69) is 29.6 Å². The number of benzene rings is 2. The number of hydrogen-bond acceptors (Lipinski definition) is 4. The van der Waals surface area contributed by atoms with E-state index in [9.17, 15) is 0 Å². The van der Waals surface area contributed by atoms with Gasteiger partial charge in [0.1, 0.15) is 5.75 Å². The van der Waals surface area contributed by atoms with Gasteiger partial charge in [0.15, 0.2) is 11.5 Å². The third-order valence-corrected chi connectivity index (χ3v) is 4.22. The van der Waals surface area contributed by atoms with Crippen LogP contribution in [0.5, 0.6) is 17.2 Å². The summed E-state index contributed by atoms with van der Waals surface area (Å²) >= 11 is 0. The molecule has 0 spiro atoms. The lowest BCUT2D eigenvalue weighted by atomic mass is 9.89. The third-order valence-electron chi connectivity index (χ3n) is 4.22. The first-order chi connectivity index (χ1) is 10.9. The first-order valence-corrected chi connectivity index (χ1v) is 7.74. The van der Waals surface area contributed by atoms with Crippen LogP contribution in [0.2, 0.25) is 0 Å². The highest BCUT2D eigenvalue weighted by atomic mass is 16.7. The molecule has 2 heterocycles. The zero-order valence-corrected chi connectivity index (χ0v) is 12.6. The Bertz CT molecular complexity index is 699. The standard InChI is InChI=1S/C18H19NO3/c1-2-20-15-6-4-3-5-13(15)18-14-10-17-16(21-11-22-17)9-12(14)7-8-19-18/h3-6,9-10,18-19H,2,7-8,11H2,1H3. The van der Waals surface area contributed by atoms with Gasteiger partial charge in [0, 0.05) is 12.1 Å². The number of ether oxygens (including phenoxy) is 3. The summed E-state index contributed by atoms with van der Waals surface area (Å²) in [5.74, 6) is 2.63. The fourth-order valence-corrected chi connectivity index (χ4v) is 3.23. The minimum atomic E-state index is 0.126. The van der Waals surface area contributed by atoms with Crippen LogP contribution < -0.4 is 19.5 Å². The van der Waals surface area contributed by atoms with E-state index in [1.807, 2.05) is 19.1 Å². The fraction of sp³-hybridized carbons (Fsp3) is 0.333. The van der Waals surface area contributed by atoms with Gasteiger partial charge in [-0.15, -0.1) is 0 Å². The molecule has 0 saturated heterocycles. The van der Waals surface area contributed by atoms with Crippen LogP contribution in [0.15, 0.2) is 36.4 Å². The van der Waals surface area contributed by atoms with Crippen molar-refractivity contribution in [1.29, 1.82) is 0 Å². The lowest BCUT2D eigenvalue weighted by Crippen LogP contribution is -2.30. The third kappa shape index (κ3) is 2.20. The van der Waals surface area contributed by atoms with Gasteiger partial charge in [-0.25, -0.2) is 0 Å². The van der Waals surface area contributed by atoms with Crippen LogP contribution in [0.3, 0.4) is 0 Å². The summed E-state index contributed by atoms with van der Waals surface area (Å²) in [5.41, 5.74) is 3.74. The smallest absolute Gasteiger partial charge is 0.231 e. The van der Waals surface area contributed by atoms with Gasteiger partial charge in [-0.3, -0.25) is 0 Å². The Morgan fingerprint density at radius 2 is 1.95 bits per heavy atom. The van der Waals surface area contributed by atoms with Gasteiger partial charge >= 0.3 is 0 Å². The number of fused-ring (bicyclic) bond motifs is 2. The van der Waals surface area contributed by atoms with Crippen molar-refractivity contribution in [3.8, 4) is 17.2 Å². The molecule has 0 aromatic heterocycles. The highest BCUT2D eigenvalue weighted by Gasteiger charge is 2.27. The van der Waals surface area contributed by atoms with Crippen LogP contribution in [0, 0.1) is 0 Å². The van der Waals surface area contributed by atoms with E-state index >= 15 is 0 Å². The van der Waals surface area contributed by atoms with Crippen molar-refractivity contribution in [3.05, 3.63) is 53.1 Å². The number of nitrogens with one attached hydrogen (secondary N) is 1. The molecule has 0 fully saturated rings. The van der Waals surface area contributed by atoms with Gasteiger partial charge in [0.05, 0.1) is 12.6 Å². The Morgan fingerprint density at radius 3 is 2.82 bits per heavy atom. The monoisotopic (exact) mass is 297 g/mol. The van der Waals surface area contributed by atoms with E-state index in [0.29, 0.717) is 13.4 Å². The molecule has 0 aliphatic carbocycles. The number of hydrogen-bond donors (Lipinski definition) is 1. The molecule has 0 saturated carbocycles. The van der Waals surface area contributed by atoms with Crippen molar-refractivity contribution in [2.24, 2.45) is 0 Å². The molecule has 1 unspecified atom stereocenters. The minimum absolute atomic E-state index is 0.126. The Morgan fingerprint density at radius 1 is 1.14 bits per heavy atom. The Balaban J connectivity index is 1.79. The highest BCUT2D eigenvalue weighted by molar-refractivity contribution is 5.54. The SMILES string of the molecule is CCOc1ccccc1C1NCCc2cc3c(cc21)OCO3. The molecule has 22 heavy (non-hydrogen) atoms. The molecule has 114 valence electrons. The first-order valence-electron chi connectivity index (χ1n) is 7.74. The maximum Gasteiger partial charge on any atom is 0.231 e. The molecule has 1 N–H and O–H groups in total. The summed E-state index contributed by atoms with van der Waals surface area (Å²) in [6.45, 7) is 3.93. The number of para-hydroxylation sites is 1. The van der Waals surface area contributed by atoms with Crippen molar-refractivity contribution in [1.82, 2.24) is 5.32 Å². The van der Waals surface area contributed by atoms with Gasteiger partial charge in [0.25, 0.3) is 0 Å². The summed E-state index contributed by atoms with van der Waals surface area (Å²) in [7, 11) is 0. The van der Waals surface area contributed by atoms with Crippen LogP contribution in [-0.4, -0.2) is 19.9 Å². The Kier molecular flexibility index (Phi) is 3.39. The van der Waals surface area contributed by atoms with Crippen LogP contribution >= 0.6 is 0 Å². The second kappa shape index (κ2) is 5.54. The van der Waals surface area contributed by atoms with Crippen molar-refractivity contribution < 1.29 is 14.2 Å². The van der Waals surface area contributed by atoms with Crippen molar-refractivity contribution in [3.63, 3.8) is 0 Å². The average molecular weight is 297 g/mol. The average Bonchev–Trinajstić information content (AvgIpc) is 3.00. The normalized spacial score (nSPS) is 18.9. The quantitative estimate of drug-likeness (QED) is 0.945. The molecule has 0 radical (unpaired) electrons. The zero-order valence-electron chi connectivity index (χ0n) is 12.6. The summed E-state index contributed by atoms with van der Waals surface area (Å²) < 4.78 is 16.8. The van der Waals surface area contributed by atoms with E-state index in [0.717, 1.165) is 30.2 Å². The fourth-order valence-electron chi connectivity index (χ4n) is 3.23. The molecule has 4 rings (SSSR count). The second-order valence-corrected chi connectivity index (χ2v) is 5.51. The lowest BCUT2D eigenvalue weighted by molar-refractivity contribution is 0.174. The molecular formula is C18H19NO3. The van der Waals surface area contributed by atoms with E-state index in [4.69, 9.17) is 14.2 Å². The van der Waals surface area contributed by atoms with Gasteiger partial charge in [-0.2, -0.15) is 0 Å². The molecule has 2 aromatic rings. The molecule has 0 amide bonds. The van der Waals surface area contributed by atoms with E-state index in [-0.39, 0.29) is 6.04 Å². The van der Waals surface area contributed by atoms with E-state index in [1.165, 1.54) is 16.7 Å². The van der Waals surface area contributed by atoms with Crippen LogP contribution in [-0.2, 0) is 6.42 Å². The maximum atomic E-state index is 5.80.